The molecule has 1 fully saturated rings. The summed E-state index contributed by atoms with van der Waals surface area (Å²) >= 11 is 1.68. The standard InChI is InChI=1S/C16H24FNOS/c1-12(2)10-18-11-13-4-3-5-15(17)16(13)20-14-6-8-19-9-7-14/h3-5,12,14,18H,6-11H2,1-2H3. The minimum absolute atomic E-state index is 0.0923. The van der Waals surface area contributed by atoms with Crippen molar-refractivity contribution in [3.8, 4) is 0 Å². The van der Waals surface area contributed by atoms with E-state index in [9.17, 15) is 4.39 Å². The van der Waals surface area contributed by atoms with Gasteiger partial charge in [0.15, 0.2) is 0 Å². The van der Waals surface area contributed by atoms with E-state index >= 15 is 0 Å². The zero-order valence-electron chi connectivity index (χ0n) is 12.3. The van der Waals surface area contributed by atoms with Gasteiger partial charge in [0, 0.05) is 29.9 Å². The summed E-state index contributed by atoms with van der Waals surface area (Å²) < 4.78 is 19.5. The zero-order chi connectivity index (χ0) is 14.4. The number of thioether (sulfide) groups is 1. The number of halogens is 1. The van der Waals surface area contributed by atoms with Crippen molar-refractivity contribution in [1.29, 1.82) is 0 Å². The Hall–Kier alpha value is -0.580. The van der Waals surface area contributed by atoms with E-state index in [0.29, 0.717) is 11.2 Å². The summed E-state index contributed by atoms with van der Waals surface area (Å²) in [4.78, 5) is 0.815. The first-order valence-corrected chi connectivity index (χ1v) is 8.27. The van der Waals surface area contributed by atoms with Crippen LogP contribution >= 0.6 is 11.8 Å². The van der Waals surface area contributed by atoms with Crippen molar-refractivity contribution < 1.29 is 9.13 Å². The minimum atomic E-state index is -0.0923. The van der Waals surface area contributed by atoms with Gasteiger partial charge in [-0.05, 0) is 36.9 Å². The summed E-state index contributed by atoms with van der Waals surface area (Å²) in [6, 6.07) is 5.39. The van der Waals surface area contributed by atoms with Crippen LogP contribution in [0.15, 0.2) is 23.1 Å². The molecule has 20 heavy (non-hydrogen) atoms. The van der Waals surface area contributed by atoms with Crippen LogP contribution in [-0.2, 0) is 11.3 Å². The van der Waals surface area contributed by atoms with Gasteiger partial charge in [-0.2, -0.15) is 0 Å². The molecule has 112 valence electrons. The summed E-state index contributed by atoms with van der Waals surface area (Å²) in [6.45, 7) is 7.64. The predicted molar refractivity (Wildman–Crippen MR) is 82.6 cm³/mol. The Bertz CT molecular complexity index is 419. The fourth-order valence-corrected chi connectivity index (χ4v) is 3.51. The lowest BCUT2D eigenvalue weighted by molar-refractivity contribution is 0.1000. The molecule has 0 aliphatic carbocycles. The fourth-order valence-electron chi connectivity index (χ4n) is 2.28. The van der Waals surface area contributed by atoms with Crippen LogP contribution in [0, 0.1) is 11.7 Å². The molecule has 1 aromatic rings. The van der Waals surface area contributed by atoms with Crippen LogP contribution in [0.4, 0.5) is 4.39 Å². The van der Waals surface area contributed by atoms with E-state index in [-0.39, 0.29) is 5.82 Å². The van der Waals surface area contributed by atoms with E-state index in [1.807, 2.05) is 6.07 Å². The normalized spacial score (nSPS) is 16.8. The molecule has 2 rings (SSSR count). The van der Waals surface area contributed by atoms with Gasteiger partial charge in [-0.3, -0.25) is 0 Å². The number of hydrogen-bond acceptors (Lipinski definition) is 3. The monoisotopic (exact) mass is 297 g/mol. The maximum absolute atomic E-state index is 14.1. The third-order valence-corrected chi connectivity index (χ3v) is 4.87. The molecule has 1 aliphatic heterocycles. The first-order chi connectivity index (χ1) is 9.66. The molecule has 2 nitrogen and oxygen atoms in total. The van der Waals surface area contributed by atoms with Crippen LogP contribution in [0.5, 0.6) is 0 Å². The summed E-state index contributed by atoms with van der Waals surface area (Å²) in [5, 5.41) is 3.88. The molecule has 0 spiro atoms. The van der Waals surface area contributed by atoms with Crippen LogP contribution < -0.4 is 5.32 Å². The Morgan fingerprint density at radius 2 is 2.10 bits per heavy atom. The van der Waals surface area contributed by atoms with Crippen LogP contribution in [0.3, 0.4) is 0 Å². The Kier molecular flexibility index (Phi) is 6.33. The summed E-state index contributed by atoms with van der Waals surface area (Å²) in [7, 11) is 0. The SMILES string of the molecule is CC(C)CNCc1cccc(F)c1SC1CCOCC1. The molecule has 1 aromatic carbocycles. The molecule has 0 bridgehead atoms. The molecule has 0 saturated carbocycles. The lowest BCUT2D eigenvalue weighted by Crippen LogP contribution is -2.20. The summed E-state index contributed by atoms with van der Waals surface area (Å²) in [5.41, 5.74) is 1.07. The van der Waals surface area contributed by atoms with Crippen molar-refractivity contribution >= 4 is 11.8 Å². The molecule has 1 aliphatic rings. The van der Waals surface area contributed by atoms with Crippen LogP contribution in [0.2, 0.25) is 0 Å². The second kappa shape index (κ2) is 8.01. The van der Waals surface area contributed by atoms with Crippen LogP contribution in [0.1, 0.15) is 32.3 Å². The van der Waals surface area contributed by atoms with Crippen molar-refractivity contribution in [3.05, 3.63) is 29.6 Å². The van der Waals surface area contributed by atoms with E-state index < -0.39 is 0 Å². The average molecular weight is 297 g/mol. The molecule has 0 radical (unpaired) electrons. The molecular weight excluding hydrogens is 273 g/mol. The van der Waals surface area contributed by atoms with Crippen molar-refractivity contribution in [3.63, 3.8) is 0 Å². The van der Waals surface area contributed by atoms with Gasteiger partial charge in [0.25, 0.3) is 0 Å². The zero-order valence-corrected chi connectivity index (χ0v) is 13.1. The molecule has 1 N–H and O–H groups in total. The molecule has 1 saturated heterocycles. The number of rotatable bonds is 6. The Balaban J connectivity index is 2.01. The Morgan fingerprint density at radius 3 is 2.80 bits per heavy atom. The van der Waals surface area contributed by atoms with Gasteiger partial charge in [-0.25, -0.2) is 4.39 Å². The van der Waals surface area contributed by atoms with Gasteiger partial charge < -0.3 is 10.1 Å². The van der Waals surface area contributed by atoms with Gasteiger partial charge in [0.05, 0.1) is 0 Å². The molecule has 0 amide bonds. The highest BCUT2D eigenvalue weighted by atomic mass is 32.2. The van der Waals surface area contributed by atoms with E-state index in [1.54, 1.807) is 23.9 Å². The van der Waals surface area contributed by atoms with Crippen molar-refractivity contribution in [2.24, 2.45) is 5.92 Å². The molecule has 0 atom stereocenters. The topological polar surface area (TPSA) is 21.3 Å². The van der Waals surface area contributed by atoms with Crippen molar-refractivity contribution in [1.82, 2.24) is 5.32 Å². The predicted octanol–water partition coefficient (Wildman–Crippen LogP) is 3.84. The second-order valence-corrected chi connectivity index (χ2v) is 6.99. The average Bonchev–Trinajstić information content (AvgIpc) is 2.43. The number of benzene rings is 1. The maximum atomic E-state index is 14.1. The maximum Gasteiger partial charge on any atom is 0.137 e. The van der Waals surface area contributed by atoms with E-state index in [2.05, 4.69) is 19.2 Å². The van der Waals surface area contributed by atoms with Gasteiger partial charge in [-0.15, -0.1) is 11.8 Å². The first-order valence-electron chi connectivity index (χ1n) is 7.39. The van der Waals surface area contributed by atoms with Crippen LogP contribution in [0.25, 0.3) is 0 Å². The van der Waals surface area contributed by atoms with Gasteiger partial charge >= 0.3 is 0 Å². The van der Waals surface area contributed by atoms with Crippen molar-refractivity contribution in [2.75, 3.05) is 19.8 Å². The Morgan fingerprint density at radius 1 is 1.35 bits per heavy atom. The lowest BCUT2D eigenvalue weighted by atomic mass is 10.2. The van der Waals surface area contributed by atoms with E-state index in [1.165, 1.54) is 0 Å². The summed E-state index contributed by atoms with van der Waals surface area (Å²) in [6.07, 6.45) is 2.02. The van der Waals surface area contributed by atoms with Gasteiger partial charge in [-0.1, -0.05) is 26.0 Å². The minimum Gasteiger partial charge on any atom is -0.381 e. The number of nitrogens with one attached hydrogen (secondary N) is 1. The smallest absolute Gasteiger partial charge is 0.137 e. The second-order valence-electron chi connectivity index (χ2n) is 5.68. The van der Waals surface area contributed by atoms with Crippen molar-refractivity contribution in [2.45, 2.75) is 43.4 Å². The molecule has 4 heteroatoms. The largest absolute Gasteiger partial charge is 0.381 e. The first kappa shape index (κ1) is 15.8. The van der Waals surface area contributed by atoms with Crippen LogP contribution in [-0.4, -0.2) is 25.0 Å². The summed E-state index contributed by atoms with van der Waals surface area (Å²) in [5.74, 6) is 0.514. The van der Waals surface area contributed by atoms with Gasteiger partial charge in [0.1, 0.15) is 5.82 Å². The fraction of sp³-hybridized carbons (Fsp3) is 0.625. The molecule has 1 heterocycles. The quantitative estimate of drug-likeness (QED) is 0.862. The van der Waals surface area contributed by atoms with E-state index in [0.717, 1.165) is 49.6 Å². The lowest BCUT2D eigenvalue weighted by Gasteiger charge is -2.23. The third-order valence-electron chi connectivity index (χ3n) is 3.37. The highest BCUT2D eigenvalue weighted by molar-refractivity contribution is 8.00. The highest BCUT2D eigenvalue weighted by Gasteiger charge is 2.18. The molecule has 0 unspecified atom stereocenters. The molecule has 0 aromatic heterocycles. The van der Waals surface area contributed by atoms with E-state index in [4.69, 9.17) is 4.74 Å². The number of hydrogen-bond donors (Lipinski definition) is 1. The molecular formula is C16H24FNOS. The Labute approximate surface area is 125 Å². The highest BCUT2D eigenvalue weighted by Crippen LogP contribution is 2.34. The third kappa shape index (κ3) is 4.76. The number of ether oxygens (including phenoxy) is 1. The van der Waals surface area contributed by atoms with Gasteiger partial charge in [0.2, 0.25) is 0 Å².